The smallest absolute Gasteiger partial charge is 0.224 e. The number of rotatable bonds is 3. The van der Waals surface area contributed by atoms with E-state index in [0.29, 0.717) is 6.42 Å². The zero-order valence-corrected chi connectivity index (χ0v) is 7.28. The molecule has 1 heterocycles. The second-order valence-corrected chi connectivity index (χ2v) is 3.09. The quantitative estimate of drug-likeness (QED) is 0.740. The fourth-order valence-corrected chi connectivity index (χ4v) is 1.37. The minimum atomic E-state index is 0.103. The van der Waals surface area contributed by atoms with Crippen LogP contribution in [0.15, 0.2) is 16.8 Å². The normalized spacial score (nSPS) is 9.55. The molecule has 0 unspecified atom stereocenters. The van der Waals surface area contributed by atoms with Gasteiger partial charge in [-0.1, -0.05) is 6.92 Å². The summed E-state index contributed by atoms with van der Waals surface area (Å²) in [5, 5.41) is 6.66. The van der Waals surface area contributed by atoms with Gasteiger partial charge in [0.2, 0.25) is 5.91 Å². The van der Waals surface area contributed by atoms with Crippen molar-refractivity contribution in [2.75, 3.05) is 5.32 Å². The van der Waals surface area contributed by atoms with Gasteiger partial charge in [0, 0.05) is 11.8 Å². The van der Waals surface area contributed by atoms with E-state index in [2.05, 4.69) is 5.32 Å². The second kappa shape index (κ2) is 4.13. The van der Waals surface area contributed by atoms with Crippen molar-refractivity contribution in [3.63, 3.8) is 0 Å². The van der Waals surface area contributed by atoms with Crippen molar-refractivity contribution in [3.8, 4) is 0 Å². The number of carbonyl (C=O) groups is 1. The molecule has 1 rings (SSSR count). The van der Waals surface area contributed by atoms with Gasteiger partial charge in [0.15, 0.2) is 0 Å². The number of carbonyl (C=O) groups excluding carboxylic acids is 1. The Kier molecular flexibility index (Phi) is 3.11. The average molecular weight is 169 g/mol. The molecular weight excluding hydrogens is 158 g/mol. The van der Waals surface area contributed by atoms with E-state index in [0.717, 1.165) is 12.1 Å². The number of nitrogens with one attached hydrogen (secondary N) is 1. The van der Waals surface area contributed by atoms with Gasteiger partial charge in [0.1, 0.15) is 0 Å². The average Bonchev–Trinajstić information content (AvgIpc) is 2.40. The number of amides is 1. The Bertz CT molecular complexity index is 218. The van der Waals surface area contributed by atoms with Crippen LogP contribution in [0.2, 0.25) is 0 Å². The molecule has 0 radical (unpaired) electrons. The molecule has 0 spiro atoms. The van der Waals surface area contributed by atoms with Crippen LogP contribution in [-0.4, -0.2) is 5.91 Å². The third kappa shape index (κ3) is 2.72. The van der Waals surface area contributed by atoms with Crippen LogP contribution in [0.1, 0.15) is 19.8 Å². The number of hydrogen-bond acceptors (Lipinski definition) is 2. The van der Waals surface area contributed by atoms with Gasteiger partial charge in [0.05, 0.1) is 5.69 Å². The number of hydrogen-bond donors (Lipinski definition) is 1. The molecular formula is C8H11NOS. The van der Waals surface area contributed by atoms with Crippen LogP contribution in [0.3, 0.4) is 0 Å². The van der Waals surface area contributed by atoms with Crippen LogP contribution >= 0.6 is 11.3 Å². The van der Waals surface area contributed by atoms with Crippen LogP contribution in [0.4, 0.5) is 5.69 Å². The third-order valence-electron chi connectivity index (χ3n) is 1.28. The second-order valence-electron chi connectivity index (χ2n) is 2.31. The molecule has 3 heteroatoms. The van der Waals surface area contributed by atoms with E-state index in [1.54, 1.807) is 11.3 Å². The van der Waals surface area contributed by atoms with Crippen LogP contribution in [0.5, 0.6) is 0 Å². The Labute approximate surface area is 70.2 Å². The predicted octanol–water partition coefficient (Wildman–Crippen LogP) is 2.49. The molecule has 0 aliphatic carbocycles. The Morgan fingerprint density at radius 2 is 2.55 bits per heavy atom. The Hall–Kier alpha value is -0.830. The van der Waals surface area contributed by atoms with E-state index in [-0.39, 0.29) is 5.91 Å². The maximum atomic E-state index is 11.0. The van der Waals surface area contributed by atoms with Crippen LogP contribution in [0.25, 0.3) is 0 Å². The number of anilines is 1. The molecule has 1 aromatic heterocycles. The molecule has 60 valence electrons. The summed E-state index contributed by atoms with van der Waals surface area (Å²) in [6.07, 6.45) is 1.51. The Morgan fingerprint density at radius 3 is 3.09 bits per heavy atom. The summed E-state index contributed by atoms with van der Waals surface area (Å²) in [5.41, 5.74) is 0.911. The lowest BCUT2D eigenvalue weighted by atomic mass is 10.3. The van der Waals surface area contributed by atoms with Crippen molar-refractivity contribution in [3.05, 3.63) is 16.8 Å². The summed E-state index contributed by atoms with van der Waals surface area (Å²) < 4.78 is 0. The van der Waals surface area contributed by atoms with Gasteiger partial charge in [-0.2, -0.15) is 11.3 Å². The highest BCUT2D eigenvalue weighted by Gasteiger charge is 1.98. The maximum absolute atomic E-state index is 11.0. The highest BCUT2D eigenvalue weighted by atomic mass is 32.1. The first kappa shape index (κ1) is 8.27. The highest BCUT2D eigenvalue weighted by molar-refractivity contribution is 7.08. The van der Waals surface area contributed by atoms with Crippen molar-refractivity contribution in [1.29, 1.82) is 0 Å². The summed E-state index contributed by atoms with van der Waals surface area (Å²) >= 11 is 1.58. The summed E-state index contributed by atoms with van der Waals surface area (Å²) in [7, 11) is 0. The monoisotopic (exact) mass is 169 g/mol. The molecule has 1 aromatic rings. The van der Waals surface area contributed by atoms with E-state index >= 15 is 0 Å². The van der Waals surface area contributed by atoms with Crippen molar-refractivity contribution in [2.45, 2.75) is 19.8 Å². The van der Waals surface area contributed by atoms with Crippen LogP contribution in [-0.2, 0) is 4.79 Å². The molecule has 0 atom stereocenters. The van der Waals surface area contributed by atoms with Gasteiger partial charge in [-0.3, -0.25) is 4.79 Å². The molecule has 1 N–H and O–H groups in total. The predicted molar refractivity (Wildman–Crippen MR) is 47.9 cm³/mol. The van der Waals surface area contributed by atoms with Crippen LogP contribution in [0, 0.1) is 0 Å². The van der Waals surface area contributed by atoms with Crippen LogP contribution < -0.4 is 5.32 Å². The summed E-state index contributed by atoms with van der Waals surface area (Å²) in [6.45, 7) is 1.99. The molecule has 1 amide bonds. The fourth-order valence-electron chi connectivity index (χ4n) is 0.786. The van der Waals surface area contributed by atoms with Gasteiger partial charge >= 0.3 is 0 Å². The molecule has 0 saturated heterocycles. The molecule has 0 aliphatic heterocycles. The van der Waals surface area contributed by atoms with E-state index in [1.807, 2.05) is 23.8 Å². The largest absolute Gasteiger partial charge is 0.325 e. The lowest BCUT2D eigenvalue weighted by Crippen LogP contribution is -2.09. The lowest BCUT2D eigenvalue weighted by Gasteiger charge is -1.98. The first-order valence-corrected chi connectivity index (χ1v) is 4.59. The summed E-state index contributed by atoms with van der Waals surface area (Å²) in [6, 6.07) is 1.90. The van der Waals surface area contributed by atoms with Crippen molar-refractivity contribution in [1.82, 2.24) is 0 Å². The minimum absolute atomic E-state index is 0.103. The first-order valence-electron chi connectivity index (χ1n) is 3.65. The van der Waals surface area contributed by atoms with E-state index < -0.39 is 0 Å². The Balaban J connectivity index is 2.37. The third-order valence-corrected chi connectivity index (χ3v) is 1.97. The van der Waals surface area contributed by atoms with Crippen molar-refractivity contribution < 1.29 is 4.79 Å². The Morgan fingerprint density at radius 1 is 1.73 bits per heavy atom. The molecule has 0 fully saturated rings. The SMILES string of the molecule is CCCC(=O)Nc1ccsc1. The zero-order chi connectivity index (χ0) is 8.10. The molecule has 0 aliphatic rings. The fraction of sp³-hybridized carbons (Fsp3) is 0.375. The van der Waals surface area contributed by atoms with E-state index in [9.17, 15) is 4.79 Å². The van der Waals surface area contributed by atoms with Gasteiger partial charge in [-0.15, -0.1) is 0 Å². The van der Waals surface area contributed by atoms with Crippen molar-refractivity contribution >= 4 is 22.9 Å². The summed E-state index contributed by atoms with van der Waals surface area (Å²) in [4.78, 5) is 11.0. The van der Waals surface area contributed by atoms with Gasteiger partial charge in [-0.05, 0) is 17.9 Å². The number of thiophene rings is 1. The zero-order valence-electron chi connectivity index (χ0n) is 6.46. The topological polar surface area (TPSA) is 29.1 Å². The van der Waals surface area contributed by atoms with Gasteiger partial charge < -0.3 is 5.32 Å². The molecule has 0 saturated carbocycles. The van der Waals surface area contributed by atoms with Gasteiger partial charge in [0.25, 0.3) is 0 Å². The lowest BCUT2D eigenvalue weighted by molar-refractivity contribution is -0.116. The first-order chi connectivity index (χ1) is 5.33. The highest BCUT2D eigenvalue weighted by Crippen LogP contribution is 2.11. The van der Waals surface area contributed by atoms with E-state index in [1.165, 1.54) is 0 Å². The maximum Gasteiger partial charge on any atom is 0.224 e. The van der Waals surface area contributed by atoms with E-state index in [4.69, 9.17) is 0 Å². The van der Waals surface area contributed by atoms with Gasteiger partial charge in [-0.25, -0.2) is 0 Å². The molecule has 11 heavy (non-hydrogen) atoms. The summed E-state index contributed by atoms with van der Waals surface area (Å²) in [5.74, 6) is 0.103. The minimum Gasteiger partial charge on any atom is -0.325 e. The molecule has 2 nitrogen and oxygen atoms in total. The molecule has 0 bridgehead atoms. The standard InChI is InChI=1S/C8H11NOS/c1-2-3-8(10)9-7-4-5-11-6-7/h4-6H,2-3H2,1H3,(H,9,10). The molecule has 0 aromatic carbocycles. The van der Waals surface area contributed by atoms with Crippen molar-refractivity contribution in [2.24, 2.45) is 0 Å².